The van der Waals surface area contributed by atoms with Crippen LogP contribution in [0.3, 0.4) is 0 Å². The lowest BCUT2D eigenvalue weighted by Crippen LogP contribution is -2.21. The predicted molar refractivity (Wildman–Crippen MR) is 93.2 cm³/mol. The second-order valence-corrected chi connectivity index (χ2v) is 6.35. The van der Waals surface area contributed by atoms with Crippen LogP contribution in [-0.4, -0.2) is 31.2 Å². The van der Waals surface area contributed by atoms with Crippen LogP contribution in [0, 0.1) is 6.92 Å². The number of hydrogen-bond acceptors (Lipinski definition) is 4. The molecule has 2 rings (SSSR count). The smallest absolute Gasteiger partial charge is 0.265 e. The van der Waals surface area contributed by atoms with Gasteiger partial charge in [-0.1, -0.05) is 6.92 Å². The largest absolute Gasteiger partial charge is 0.395 e. The molecule has 0 aliphatic rings. The van der Waals surface area contributed by atoms with Crippen molar-refractivity contribution in [2.75, 3.05) is 30.4 Å². The molecule has 1 aromatic carbocycles. The van der Waals surface area contributed by atoms with E-state index in [1.807, 2.05) is 49.2 Å². The van der Waals surface area contributed by atoms with Crippen LogP contribution in [0.4, 0.5) is 11.4 Å². The van der Waals surface area contributed by atoms with E-state index >= 15 is 0 Å². The summed E-state index contributed by atoms with van der Waals surface area (Å²) in [7, 11) is 1.92. The molecule has 22 heavy (non-hydrogen) atoms. The Morgan fingerprint density at radius 3 is 2.55 bits per heavy atom. The number of amides is 1. The molecule has 2 aromatic rings. The number of aliphatic hydroxyl groups is 1. The number of carbonyl (C=O) groups is 1. The summed E-state index contributed by atoms with van der Waals surface area (Å²) in [6.45, 7) is 4.84. The first-order valence-electron chi connectivity index (χ1n) is 7.38. The minimum Gasteiger partial charge on any atom is -0.395 e. The van der Waals surface area contributed by atoms with Gasteiger partial charge < -0.3 is 15.3 Å². The van der Waals surface area contributed by atoms with Crippen LogP contribution in [-0.2, 0) is 6.42 Å². The van der Waals surface area contributed by atoms with Gasteiger partial charge in [0, 0.05) is 29.8 Å². The molecule has 1 aromatic heterocycles. The number of aryl methyl sites for hydroxylation is 2. The van der Waals surface area contributed by atoms with E-state index in [0.717, 1.165) is 22.7 Å². The number of nitrogens with zero attached hydrogens (tertiary/aromatic N) is 1. The molecule has 0 aliphatic heterocycles. The van der Waals surface area contributed by atoms with E-state index in [4.69, 9.17) is 5.11 Å². The van der Waals surface area contributed by atoms with E-state index in [1.54, 1.807) is 11.3 Å². The van der Waals surface area contributed by atoms with Crippen molar-refractivity contribution in [1.29, 1.82) is 0 Å². The number of benzene rings is 1. The van der Waals surface area contributed by atoms with Gasteiger partial charge in [-0.25, -0.2) is 0 Å². The summed E-state index contributed by atoms with van der Waals surface area (Å²) in [6, 6.07) is 9.57. The third-order valence-corrected chi connectivity index (χ3v) is 4.95. The number of aliphatic hydroxyl groups excluding tert-OH is 1. The highest BCUT2D eigenvalue weighted by atomic mass is 32.1. The molecule has 4 nitrogen and oxygen atoms in total. The molecule has 0 spiro atoms. The fraction of sp³-hybridized carbons (Fsp3) is 0.353. The number of nitrogens with one attached hydrogen (secondary N) is 1. The van der Waals surface area contributed by atoms with Crippen LogP contribution in [0.25, 0.3) is 0 Å². The molecule has 0 unspecified atom stereocenters. The second-order valence-electron chi connectivity index (χ2n) is 5.22. The van der Waals surface area contributed by atoms with E-state index in [2.05, 4.69) is 12.2 Å². The number of thiophene rings is 1. The molecule has 0 saturated carbocycles. The third kappa shape index (κ3) is 3.87. The van der Waals surface area contributed by atoms with Crippen molar-refractivity contribution < 1.29 is 9.90 Å². The Bertz CT molecular complexity index is 635. The molecule has 0 radical (unpaired) electrons. The summed E-state index contributed by atoms with van der Waals surface area (Å²) in [6.07, 6.45) is 0.954. The molecule has 2 N–H and O–H groups in total. The molecule has 0 aliphatic carbocycles. The molecule has 1 heterocycles. The number of carbonyl (C=O) groups excluding carboxylic acids is 1. The Balaban J connectivity index is 2.05. The fourth-order valence-electron chi connectivity index (χ4n) is 2.25. The maximum absolute atomic E-state index is 12.3. The molecule has 0 fully saturated rings. The van der Waals surface area contributed by atoms with Gasteiger partial charge in [-0.15, -0.1) is 11.3 Å². The quantitative estimate of drug-likeness (QED) is 0.859. The van der Waals surface area contributed by atoms with Crippen molar-refractivity contribution in [2.24, 2.45) is 0 Å². The van der Waals surface area contributed by atoms with Crippen molar-refractivity contribution in [3.05, 3.63) is 45.6 Å². The summed E-state index contributed by atoms with van der Waals surface area (Å²) in [4.78, 5) is 16.2. The van der Waals surface area contributed by atoms with E-state index in [-0.39, 0.29) is 12.5 Å². The molecular formula is C17H22N2O2S. The summed E-state index contributed by atoms with van der Waals surface area (Å²) < 4.78 is 0. The molecule has 0 atom stereocenters. The van der Waals surface area contributed by atoms with Gasteiger partial charge in [0.25, 0.3) is 5.91 Å². The highest BCUT2D eigenvalue weighted by molar-refractivity contribution is 7.14. The zero-order valence-corrected chi connectivity index (χ0v) is 14.0. The molecule has 0 bridgehead atoms. The summed E-state index contributed by atoms with van der Waals surface area (Å²) in [5.74, 6) is -0.0655. The van der Waals surface area contributed by atoms with Crippen LogP contribution in [0.5, 0.6) is 0 Å². The zero-order chi connectivity index (χ0) is 16.1. The van der Waals surface area contributed by atoms with Crippen molar-refractivity contribution >= 4 is 28.6 Å². The Morgan fingerprint density at radius 1 is 1.32 bits per heavy atom. The summed E-state index contributed by atoms with van der Waals surface area (Å²) in [5, 5.41) is 11.9. The highest BCUT2D eigenvalue weighted by Crippen LogP contribution is 2.24. The van der Waals surface area contributed by atoms with Gasteiger partial charge in [0.15, 0.2) is 0 Å². The lowest BCUT2D eigenvalue weighted by molar-refractivity contribution is 0.103. The van der Waals surface area contributed by atoms with Gasteiger partial charge in [0.05, 0.1) is 11.5 Å². The van der Waals surface area contributed by atoms with Gasteiger partial charge >= 0.3 is 0 Å². The Kier molecular flexibility index (Phi) is 5.57. The molecule has 0 saturated heterocycles. The first-order valence-corrected chi connectivity index (χ1v) is 8.19. The number of hydrogen-bond donors (Lipinski definition) is 2. The zero-order valence-electron chi connectivity index (χ0n) is 13.2. The fourth-order valence-corrected chi connectivity index (χ4v) is 3.26. The number of likely N-dealkylation sites (N-methyl/N-ethyl adjacent to an activating group) is 1. The first-order chi connectivity index (χ1) is 10.5. The van der Waals surface area contributed by atoms with Crippen LogP contribution in [0.15, 0.2) is 30.3 Å². The van der Waals surface area contributed by atoms with Gasteiger partial charge in [0.2, 0.25) is 0 Å². The van der Waals surface area contributed by atoms with Crippen LogP contribution >= 0.6 is 11.3 Å². The maximum atomic E-state index is 12.3. The lowest BCUT2D eigenvalue weighted by atomic mass is 10.2. The Labute approximate surface area is 135 Å². The van der Waals surface area contributed by atoms with Gasteiger partial charge in [0.1, 0.15) is 0 Å². The molecular weight excluding hydrogens is 296 g/mol. The summed E-state index contributed by atoms with van der Waals surface area (Å²) >= 11 is 1.55. The van der Waals surface area contributed by atoms with E-state index in [9.17, 15) is 4.79 Å². The predicted octanol–water partition coefficient (Wildman–Crippen LogP) is 3.30. The lowest BCUT2D eigenvalue weighted by Gasteiger charge is -2.18. The number of rotatable bonds is 6. The van der Waals surface area contributed by atoms with E-state index in [1.165, 1.54) is 10.4 Å². The van der Waals surface area contributed by atoms with Crippen LogP contribution < -0.4 is 10.2 Å². The molecule has 118 valence electrons. The maximum Gasteiger partial charge on any atom is 0.265 e. The van der Waals surface area contributed by atoms with Crippen LogP contribution in [0.2, 0.25) is 0 Å². The average molecular weight is 318 g/mol. The standard InChI is InChI=1S/C17H22N2O2S/c1-4-15-12(2)11-16(22-15)17(21)18-13-5-7-14(8-6-13)19(3)9-10-20/h5-8,11,20H,4,9-10H2,1-3H3,(H,18,21). The summed E-state index contributed by atoms with van der Waals surface area (Å²) in [5.41, 5.74) is 2.96. The van der Waals surface area contributed by atoms with E-state index < -0.39 is 0 Å². The third-order valence-electron chi connectivity index (χ3n) is 3.57. The average Bonchev–Trinajstić information content (AvgIpc) is 2.89. The minimum atomic E-state index is -0.0655. The Morgan fingerprint density at radius 2 is 2.00 bits per heavy atom. The Hall–Kier alpha value is -1.85. The van der Waals surface area contributed by atoms with Crippen molar-refractivity contribution in [3.63, 3.8) is 0 Å². The molecule has 1 amide bonds. The van der Waals surface area contributed by atoms with Gasteiger partial charge in [-0.05, 0) is 49.2 Å². The van der Waals surface area contributed by atoms with Crippen molar-refractivity contribution in [2.45, 2.75) is 20.3 Å². The first kappa shape index (κ1) is 16.5. The minimum absolute atomic E-state index is 0.0655. The SMILES string of the molecule is CCc1sc(C(=O)Nc2ccc(N(C)CCO)cc2)cc1C. The second kappa shape index (κ2) is 7.42. The highest BCUT2D eigenvalue weighted by Gasteiger charge is 2.12. The topological polar surface area (TPSA) is 52.6 Å². The normalized spacial score (nSPS) is 10.5. The van der Waals surface area contributed by atoms with Crippen molar-refractivity contribution in [3.8, 4) is 0 Å². The monoisotopic (exact) mass is 318 g/mol. The molecule has 5 heteroatoms. The van der Waals surface area contributed by atoms with Crippen LogP contribution in [0.1, 0.15) is 27.0 Å². The van der Waals surface area contributed by atoms with E-state index in [0.29, 0.717) is 6.54 Å². The van der Waals surface area contributed by atoms with Gasteiger partial charge in [-0.3, -0.25) is 4.79 Å². The number of anilines is 2. The van der Waals surface area contributed by atoms with Gasteiger partial charge in [-0.2, -0.15) is 0 Å². The van der Waals surface area contributed by atoms with Crippen molar-refractivity contribution in [1.82, 2.24) is 0 Å².